The SMILES string of the molecule is CC[C@@]1(O)C(=O)OCc2c1cc1n(c2=O)Cc2c-1nc1cc(F)c(C)c3c1c2[C@@H](NC(=O)[C@](C)(F)COCNC(=O)[C@H](C)NC(=O)[C@@H](NC(=O)[C@@H](N)CCC(=O)NC[C@H]1O[C@@H](CC(N)=O)[C@H](O)[C@@H]1O)C(C)C)CC3. The summed E-state index contributed by atoms with van der Waals surface area (Å²) < 4.78 is 49.1. The Hall–Kier alpha value is -6.51. The lowest BCUT2D eigenvalue weighted by Crippen LogP contribution is -2.57. The average Bonchev–Trinajstić information content (AvgIpc) is 3.85. The zero-order valence-electron chi connectivity index (χ0n) is 41.8. The van der Waals surface area contributed by atoms with Gasteiger partial charge in [-0.15, -0.1) is 0 Å². The van der Waals surface area contributed by atoms with Crippen molar-refractivity contribution in [2.75, 3.05) is 19.9 Å². The van der Waals surface area contributed by atoms with E-state index in [0.29, 0.717) is 34.1 Å². The van der Waals surface area contributed by atoms with E-state index in [9.17, 15) is 53.7 Å². The Labute approximate surface area is 422 Å². The number of aryl methyl sites for hydroxylation is 1. The summed E-state index contributed by atoms with van der Waals surface area (Å²) in [6.07, 6.45) is -5.10. The van der Waals surface area contributed by atoms with Crippen molar-refractivity contribution in [2.24, 2.45) is 17.4 Å². The van der Waals surface area contributed by atoms with Crippen LogP contribution in [0.3, 0.4) is 0 Å². The zero-order chi connectivity index (χ0) is 54.3. The maximum atomic E-state index is 16.3. The van der Waals surface area contributed by atoms with Crippen LogP contribution in [0.15, 0.2) is 16.9 Å². The van der Waals surface area contributed by atoms with Crippen molar-refractivity contribution < 1.29 is 71.9 Å². The summed E-state index contributed by atoms with van der Waals surface area (Å²) in [5.74, 6) is -6.54. The minimum absolute atomic E-state index is 0.0304. The second kappa shape index (κ2) is 21.8. The van der Waals surface area contributed by atoms with Gasteiger partial charge in [0.2, 0.25) is 35.2 Å². The second-order valence-corrected chi connectivity index (χ2v) is 19.9. The third-order valence-electron chi connectivity index (χ3n) is 14.3. The first kappa shape index (κ1) is 55.2. The molecule has 6 amide bonds. The van der Waals surface area contributed by atoms with Gasteiger partial charge in [0, 0.05) is 35.5 Å². The molecule has 1 fully saturated rings. The van der Waals surface area contributed by atoms with E-state index < -0.39 is 132 Å². The molecule has 0 radical (unpaired) electrons. The van der Waals surface area contributed by atoms with Gasteiger partial charge in [-0.1, -0.05) is 20.8 Å². The first-order valence-electron chi connectivity index (χ1n) is 24.4. The largest absolute Gasteiger partial charge is 0.458 e. The van der Waals surface area contributed by atoms with E-state index >= 15 is 8.78 Å². The average molecular weight is 1040 g/mol. The standard InChI is InChI=1S/C49H63F2N9O14/c1-7-49(71)26-12-31-39-24(16-60(31)45(68)25(26)17-73-47(49)70)37-29(10-8-23-21(4)27(50)13-30(57-39)36(23)37)58-46(69)48(6,51)18-72-19-55-42(65)22(5)56-44(67)38(20(2)3)59-43(66)28(52)9-11-35(62)54-15-33-41(64)40(63)32(74-33)14-34(53)61/h12-13,20,22,28-29,32-33,38,40-41,63-64,71H,7-11,14-19,52H2,1-6H3,(H2,53,61)(H,54,62)(H,55,65)(H,56,67)(H,58,69)(H,59,66)/t22-,28-,29-,32-,33+,38-,40-,41+,48+,49-/m0/s1. The number of amides is 6. The number of pyridine rings is 2. The van der Waals surface area contributed by atoms with Crippen molar-refractivity contribution in [3.63, 3.8) is 0 Å². The predicted molar refractivity (Wildman–Crippen MR) is 256 cm³/mol. The molecule has 402 valence electrons. The van der Waals surface area contributed by atoms with Crippen LogP contribution in [0.4, 0.5) is 8.78 Å². The molecule has 2 aromatic heterocycles. The summed E-state index contributed by atoms with van der Waals surface area (Å²) in [7, 11) is 0. The molecule has 0 bridgehead atoms. The van der Waals surface area contributed by atoms with Crippen LogP contribution in [0, 0.1) is 18.7 Å². The van der Waals surface area contributed by atoms with E-state index in [1.807, 2.05) is 0 Å². The number of carbonyl (C=O) groups excluding carboxylic acids is 7. The van der Waals surface area contributed by atoms with E-state index in [0.717, 1.165) is 6.92 Å². The maximum absolute atomic E-state index is 16.3. The number of cyclic esters (lactones) is 1. The van der Waals surface area contributed by atoms with Crippen LogP contribution in [-0.2, 0) is 72.9 Å². The van der Waals surface area contributed by atoms with Crippen molar-refractivity contribution >= 4 is 52.3 Å². The molecular weight excluding hydrogens is 977 g/mol. The van der Waals surface area contributed by atoms with Gasteiger partial charge in [-0.25, -0.2) is 18.6 Å². The van der Waals surface area contributed by atoms with Crippen LogP contribution in [0.5, 0.6) is 0 Å². The lowest BCUT2D eigenvalue weighted by molar-refractivity contribution is -0.172. The normalized spacial score (nSPS) is 23.6. The fourth-order valence-corrected chi connectivity index (χ4v) is 9.84. The van der Waals surface area contributed by atoms with Gasteiger partial charge >= 0.3 is 5.97 Å². The van der Waals surface area contributed by atoms with Gasteiger partial charge < -0.3 is 72.1 Å². The molecule has 3 aromatic rings. The van der Waals surface area contributed by atoms with E-state index in [1.165, 1.54) is 23.6 Å². The molecule has 1 saturated heterocycles. The van der Waals surface area contributed by atoms with Gasteiger partial charge in [-0.3, -0.25) is 33.6 Å². The monoisotopic (exact) mass is 1040 g/mol. The lowest BCUT2D eigenvalue weighted by Gasteiger charge is -2.31. The van der Waals surface area contributed by atoms with Crippen molar-refractivity contribution in [3.8, 4) is 11.4 Å². The number of nitrogens with two attached hydrogens (primary N) is 2. The summed E-state index contributed by atoms with van der Waals surface area (Å²) in [6, 6.07) is -1.67. The molecule has 5 heterocycles. The molecule has 23 nitrogen and oxygen atoms in total. The number of alkyl halides is 1. The zero-order valence-corrected chi connectivity index (χ0v) is 41.8. The molecule has 10 atom stereocenters. The molecule has 0 unspecified atom stereocenters. The number of hydrogen-bond acceptors (Lipinski definition) is 16. The summed E-state index contributed by atoms with van der Waals surface area (Å²) in [5, 5.41) is 44.9. The second-order valence-electron chi connectivity index (χ2n) is 19.9. The number of nitrogens with zero attached hydrogens (tertiary/aromatic N) is 2. The molecule has 1 aromatic carbocycles. The number of aliphatic hydroxyl groups is 3. The number of rotatable bonds is 20. The van der Waals surface area contributed by atoms with Crippen LogP contribution < -0.4 is 43.6 Å². The van der Waals surface area contributed by atoms with Crippen LogP contribution in [0.2, 0.25) is 0 Å². The number of benzene rings is 1. The fraction of sp³-hybridized carbons (Fsp3) is 0.571. The molecule has 7 rings (SSSR count). The summed E-state index contributed by atoms with van der Waals surface area (Å²) in [4.78, 5) is 108. The van der Waals surface area contributed by atoms with Crippen LogP contribution in [0.25, 0.3) is 22.3 Å². The molecule has 3 aliphatic heterocycles. The molecule has 74 heavy (non-hydrogen) atoms. The number of esters is 1. The number of carbonyl (C=O) groups is 7. The molecule has 12 N–H and O–H groups in total. The smallest absolute Gasteiger partial charge is 0.343 e. The van der Waals surface area contributed by atoms with Crippen molar-refractivity contribution in [3.05, 3.63) is 61.7 Å². The number of primary amides is 1. The Balaban J connectivity index is 0.916. The van der Waals surface area contributed by atoms with E-state index in [2.05, 4.69) is 26.6 Å². The Kier molecular flexibility index (Phi) is 16.2. The quantitative estimate of drug-likeness (QED) is 0.0279. The van der Waals surface area contributed by atoms with E-state index in [1.54, 1.807) is 27.7 Å². The highest BCUT2D eigenvalue weighted by Crippen LogP contribution is 2.46. The molecule has 1 aliphatic carbocycles. The highest BCUT2D eigenvalue weighted by atomic mass is 19.1. The summed E-state index contributed by atoms with van der Waals surface area (Å²) >= 11 is 0. The molecule has 25 heteroatoms. The summed E-state index contributed by atoms with van der Waals surface area (Å²) in [5.41, 5.74) is 8.89. The van der Waals surface area contributed by atoms with Gasteiger partial charge in [0.15, 0.2) is 5.60 Å². The van der Waals surface area contributed by atoms with Gasteiger partial charge in [0.1, 0.15) is 49.6 Å². The number of aliphatic hydroxyl groups excluding tert-OH is 2. The van der Waals surface area contributed by atoms with Crippen molar-refractivity contribution in [1.82, 2.24) is 36.1 Å². The number of fused-ring (bicyclic) bond motifs is 5. The highest BCUT2D eigenvalue weighted by molar-refractivity contribution is 5.95. The number of halogens is 2. The van der Waals surface area contributed by atoms with E-state index in [4.69, 9.17) is 30.7 Å². The van der Waals surface area contributed by atoms with Crippen molar-refractivity contribution in [1.29, 1.82) is 0 Å². The number of hydrogen-bond donors (Lipinski definition) is 10. The molecule has 0 spiro atoms. The Morgan fingerprint density at radius 3 is 2.39 bits per heavy atom. The van der Waals surface area contributed by atoms with Crippen LogP contribution in [0.1, 0.15) is 106 Å². The number of aromatic nitrogens is 2. The fourth-order valence-electron chi connectivity index (χ4n) is 9.84. The van der Waals surface area contributed by atoms with Gasteiger partial charge in [-0.2, -0.15) is 0 Å². The van der Waals surface area contributed by atoms with Crippen molar-refractivity contribution in [2.45, 2.75) is 153 Å². The predicted octanol–water partition coefficient (Wildman–Crippen LogP) is -1.32. The summed E-state index contributed by atoms with van der Waals surface area (Å²) in [6.45, 7) is 6.82. The Morgan fingerprint density at radius 1 is 1.01 bits per heavy atom. The van der Waals surface area contributed by atoms with Crippen LogP contribution >= 0.6 is 0 Å². The van der Waals surface area contributed by atoms with E-state index in [-0.39, 0.29) is 79.8 Å². The molecular formula is C49H63F2N9O14. The lowest BCUT2D eigenvalue weighted by atomic mass is 9.81. The maximum Gasteiger partial charge on any atom is 0.343 e. The molecule has 4 aliphatic rings. The van der Waals surface area contributed by atoms with Gasteiger partial charge in [0.05, 0.1) is 60.2 Å². The topological polar surface area (TPSA) is 355 Å². The Bertz CT molecular complexity index is 2840. The highest BCUT2D eigenvalue weighted by Gasteiger charge is 2.47. The van der Waals surface area contributed by atoms with Gasteiger partial charge in [-0.05, 0) is 75.1 Å². The van der Waals surface area contributed by atoms with Gasteiger partial charge in [0.25, 0.3) is 11.5 Å². The van der Waals surface area contributed by atoms with Crippen LogP contribution in [-0.4, -0.2) is 134 Å². The minimum Gasteiger partial charge on any atom is -0.458 e. The molecule has 0 saturated carbocycles. The number of nitrogens with one attached hydrogen (secondary N) is 5. The minimum atomic E-state index is -2.67. The third-order valence-corrected chi connectivity index (χ3v) is 14.3. The first-order chi connectivity index (χ1) is 34.8. The number of ether oxygens (including phenoxy) is 3. The first-order valence-corrected chi connectivity index (χ1v) is 24.4. The Morgan fingerprint density at radius 2 is 1.72 bits per heavy atom. The third kappa shape index (κ3) is 10.8.